The number of carbonyl (C=O) groups excluding carboxylic acids is 1. The Balaban J connectivity index is 1.96. The monoisotopic (exact) mass is 305 g/mol. The van der Waals surface area contributed by atoms with Gasteiger partial charge in [0.2, 0.25) is 0 Å². The standard InChI is InChI=1S/C20H19NO2/c1-12-8-18(22)19-20(10-12)16(14(3)11-23-20)9-17(21-19)15-7-5-4-6-13(15)2/h4-7,9-10H,8,11H2,1-3H3. The van der Waals surface area contributed by atoms with Crippen LogP contribution in [-0.2, 0) is 9.53 Å². The lowest BCUT2D eigenvalue weighted by Crippen LogP contribution is -2.47. The SMILES string of the molecule is CC1=CC23OCC(C)=C2C=C(c2ccccc2C)N=C3C(=O)C1. The molecule has 0 fully saturated rings. The summed E-state index contributed by atoms with van der Waals surface area (Å²) < 4.78 is 6.07. The summed E-state index contributed by atoms with van der Waals surface area (Å²) in [5.41, 5.74) is 6.16. The molecule has 2 heterocycles. The van der Waals surface area contributed by atoms with Gasteiger partial charge in [0.25, 0.3) is 0 Å². The number of aryl methyl sites for hydroxylation is 1. The summed E-state index contributed by atoms with van der Waals surface area (Å²) in [6, 6.07) is 8.14. The summed E-state index contributed by atoms with van der Waals surface area (Å²) in [6.45, 7) is 6.67. The normalized spacial score (nSPS) is 26.4. The van der Waals surface area contributed by atoms with E-state index in [0.717, 1.165) is 28.0 Å². The van der Waals surface area contributed by atoms with Gasteiger partial charge in [-0.15, -0.1) is 0 Å². The maximum absolute atomic E-state index is 12.6. The van der Waals surface area contributed by atoms with Crippen molar-refractivity contribution in [2.45, 2.75) is 32.8 Å². The molecule has 0 bridgehead atoms. The van der Waals surface area contributed by atoms with Crippen molar-refractivity contribution in [3.8, 4) is 0 Å². The zero-order chi connectivity index (χ0) is 16.2. The minimum atomic E-state index is -0.754. The van der Waals surface area contributed by atoms with Crippen LogP contribution in [0.15, 0.2) is 58.1 Å². The van der Waals surface area contributed by atoms with Gasteiger partial charge in [0.15, 0.2) is 11.4 Å². The maximum Gasteiger partial charge on any atom is 0.184 e. The van der Waals surface area contributed by atoms with Crippen molar-refractivity contribution in [1.29, 1.82) is 0 Å². The maximum atomic E-state index is 12.6. The van der Waals surface area contributed by atoms with Gasteiger partial charge in [0, 0.05) is 12.0 Å². The van der Waals surface area contributed by atoms with Gasteiger partial charge in [-0.3, -0.25) is 4.79 Å². The second-order valence-electron chi connectivity index (χ2n) is 6.61. The lowest BCUT2D eigenvalue weighted by Gasteiger charge is -2.35. The van der Waals surface area contributed by atoms with E-state index in [4.69, 9.17) is 9.73 Å². The van der Waals surface area contributed by atoms with Crippen molar-refractivity contribution in [2.75, 3.05) is 6.61 Å². The number of hydrogen-bond acceptors (Lipinski definition) is 3. The van der Waals surface area contributed by atoms with Crippen LogP contribution < -0.4 is 0 Å². The van der Waals surface area contributed by atoms with Crippen LogP contribution in [0.3, 0.4) is 0 Å². The van der Waals surface area contributed by atoms with Crippen LogP contribution in [0.25, 0.3) is 5.70 Å². The minimum absolute atomic E-state index is 0.0661. The molecule has 3 heteroatoms. The Morgan fingerprint density at radius 1 is 1.17 bits per heavy atom. The number of aliphatic imine (C=N–C) groups is 1. The Labute approximate surface area is 136 Å². The van der Waals surface area contributed by atoms with Gasteiger partial charge in [-0.2, -0.15) is 0 Å². The second kappa shape index (κ2) is 4.87. The third-order valence-electron chi connectivity index (χ3n) is 4.82. The average Bonchev–Trinajstić information content (AvgIpc) is 2.83. The third kappa shape index (κ3) is 2.00. The van der Waals surface area contributed by atoms with Crippen LogP contribution in [0, 0.1) is 6.92 Å². The largest absolute Gasteiger partial charge is 0.355 e. The molecule has 1 unspecified atom stereocenters. The molecule has 0 saturated carbocycles. The van der Waals surface area contributed by atoms with Crippen LogP contribution in [0.5, 0.6) is 0 Å². The number of Topliss-reactive ketones (excluding diaryl/α,β-unsaturated/α-hetero) is 1. The summed E-state index contributed by atoms with van der Waals surface area (Å²) in [5, 5.41) is 0. The number of hydrogen-bond donors (Lipinski definition) is 0. The molecule has 1 aromatic rings. The Bertz CT molecular complexity index is 854. The topological polar surface area (TPSA) is 38.7 Å². The van der Waals surface area contributed by atoms with E-state index in [0.29, 0.717) is 18.7 Å². The van der Waals surface area contributed by atoms with Gasteiger partial charge >= 0.3 is 0 Å². The lowest BCUT2D eigenvalue weighted by atomic mass is 9.76. The van der Waals surface area contributed by atoms with E-state index in [9.17, 15) is 4.79 Å². The van der Waals surface area contributed by atoms with Crippen LogP contribution in [0.4, 0.5) is 0 Å². The fraction of sp³-hybridized carbons (Fsp3) is 0.300. The smallest absolute Gasteiger partial charge is 0.184 e. The Kier molecular flexibility index (Phi) is 3.03. The van der Waals surface area contributed by atoms with E-state index in [2.05, 4.69) is 38.1 Å². The van der Waals surface area contributed by atoms with Crippen molar-refractivity contribution < 1.29 is 9.53 Å². The third-order valence-corrected chi connectivity index (χ3v) is 4.82. The fourth-order valence-electron chi connectivity index (χ4n) is 3.68. The van der Waals surface area contributed by atoms with Gasteiger partial charge in [0.05, 0.1) is 12.3 Å². The van der Waals surface area contributed by atoms with Crippen LogP contribution in [-0.4, -0.2) is 23.7 Å². The molecule has 0 saturated heterocycles. The van der Waals surface area contributed by atoms with E-state index in [1.165, 1.54) is 5.57 Å². The van der Waals surface area contributed by atoms with Gasteiger partial charge in [-0.05, 0) is 49.6 Å². The second-order valence-corrected chi connectivity index (χ2v) is 6.61. The molecule has 0 radical (unpaired) electrons. The molecule has 0 amide bonds. The molecule has 1 atom stereocenters. The zero-order valence-electron chi connectivity index (χ0n) is 13.6. The molecule has 0 aromatic heterocycles. The number of allylic oxidation sites excluding steroid dienone is 1. The quantitative estimate of drug-likeness (QED) is 0.740. The van der Waals surface area contributed by atoms with Gasteiger partial charge in [-0.25, -0.2) is 4.99 Å². The molecular formula is C20H19NO2. The highest BCUT2D eigenvalue weighted by Gasteiger charge is 2.49. The average molecular weight is 305 g/mol. The van der Waals surface area contributed by atoms with E-state index in [1.54, 1.807) is 0 Å². The first-order valence-electron chi connectivity index (χ1n) is 7.94. The molecule has 3 nitrogen and oxygen atoms in total. The van der Waals surface area contributed by atoms with E-state index in [1.807, 2.05) is 19.1 Å². The lowest BCUT2D eigenvalue weighted by molar-refractivity contribution is -0.113. The summed E-state index contributed by atoms with van der Waals surface area (Å²) >= 11 is 0. The fourth-order valence-corrected chi connectivity index (χ4v) is 3.68. The summed E-state index contributed by atoms with van der Waals surface area (Å²) in [4.78, 5) is 17.4. The molecule has 4 rings (SSSR count). The highest BCUT2D eigenvalue weighted by atomic mass is 16.5. The summed E-state index contributed by atoms with van der Waals surface area (Å²) in [7, 11) is 0. The Hall–Kier alpha value is -2.26. The van der Waals surface area contributed by atoms with Crippen molar-refractivity contribution in [2.24, 2.45) is 4.99 Å². The number of rotatable bonds is 1. The highest BCUT2D eigenvalue weighted by Crippen LogP contribution is 2.44. The Morgan fingerprint density at radius 3 is 2.74 bits per heavy atom. The number of ketones is 1. The summed E-state index contributed by atoms with van der Waals surface area (Å²) in [5.74, 6) is 0.0661. The van der Waals surface area contributed by atoms with Crippen LogP contribution in [0.2, 0.25) is 0 Å². The first-order chi connectivity index (χ1) is 11.0. The number of ether oxygens (including phenoxy) is 1. The van der Waals surface area contributed by atoms with Crippen molar-refractivity contribution in [3.63, 3.8) is 0 Å². The van der Waals surface area contributed by atoms with Crippen molar-refractivity contribution in [1.82, 2.24) is 0 Å². The number of benzene rings is 1. The molecule has 0 N–H and O–H groups in total. The molecule has 23 heavy (non-hydrogen) atoms. The van der Waals surface area contributed by atoms with Gasteiger partial charge in [0.1, 0.15) is 5.71 Å². The predicted octanol–water partition coefficient (Wildman–Crippen LogP) is 3.80. The molecule has 116 valence electrons. The van der Waals surface area contributed by atoms with Crippen molar-refractivity contribution in [3.05, 3.63) is 64.3 Å². The first-order valence-corrected chi connectivity index (χ1v) is 7.94. The first kappa shape index (κ1) is 14.3. The molecule has 2 aliphatic heterocycles. The van der Waals surface area contributed by atoms with Crippen LogP contribution in [0.1, 0.15) is 31.4 Å². The molecular weight excluding hydrogens is 286 g/mol. The molecule has 1 aliphatic carbocycles. The number of carbonyl (C=O) groups is 1. The highest BCUT2D eigenvalue weighted by molar-refractivity contribution is 6.47. The van der Waals surface area contributed by atoms with E-state index >= 15 is 0 Å². The van der Waals surface area contributed by atoms with E-state index < -0.39 is 5.60 Å². The van der Waals surface area contributed by atoms with Gasteiger partial charge < -0.3 is 4.74 Å². The molecule has 1 aromatic carbocycles. The minimum Gasteiger partial charge on any atom is -0.355 e. The zero-order valence-corrected chi connectivity index (χ0v) is 13.6. The van der Waals surface area contributed by atoms with Crippen molar-refractivity contribution >= 4 is 17.2 Å². The number of nitrogens with zero attached hydrogens (tertiary/aromatic N) is 1. The van der Waals surface area contributed by atoms with Gasteiger partial charge in [-0.1, -0.05) is 29.8 Å². The molecule has 3 aliphatic rings. The predicted molar refractivity (Wildman–Crippen MR) is 91.4 cm³/mol. The molecule has 1 spiro atoms. The van der Waals surface area contributed by atoms with E-state index in [-0.39, 0.29) is 5.78 Å². The Morgan fingerprint density at radius 2 is 1.96 bits per heavy atom. The summed E-state index contributed by atoms with van der Waals surface area (Å²) in [6.07, 6.45) is 4.60. The van der Waals surface area contributed by atoms with Crippen LogP contribution >= 0.6 is 0 Å².